The minimum Gasteiger partial charge on any atom is -0.462 e. The van der Waals surface area contributed by atoms with Crippen LogP contribution in [0.2, 0.25) is 0 Å². The molecule has 5 atom stereocenters. The average Bonchev–Trinajstić information content (AvgIpc) is 0.935. The van der Waals surface area contributed by atoms with E-state index in [2.05, 4.69) is 149 Å². The predicted octanol–water partition coefficient (Wildman–Crippen LogP) is 23.2. The Labute approximate surface area is 629 Å². The molecule has 0 aliphatic carbocycles. The largest absolute Gasteiger partial charge is 0.472 e. The van der Waals surface area contributed by atoms with Crippen molar-refractivity contribution in [3.8, 4) is 0 Å². The first kappa shape index (κ1) is 98.7. The molecular weight excluding hydrogens is 1350 g/mol. The lowest BCUT2D eigenvalue weighted by Gasteiger charge is -2.21. The second kappa shape index (κ2) is 75.9. The lowest BCUT2D eigenvalue weighted by atomic mass is 10.1. The van der Waals surface area contributed by atoms with Crippen LogP contribution in [-0.2, 0) is 65.4 Å². The monoisotopic (exact) mass is 1490 g/mol. The van der Waals surface area contributed by atoms with E-state index in [9.17, 15) is 43.2 Å². The summed E-state index contributed by atoms with van der Waals surface area (Å²) in [6.07, 6.45) is 88.3. The van der Waals surface area contributed by atoms with Crippen LogP contribution in [-0.4, -0.2) is 96.7 Å². The fourth-order valence-electron chi connectivity index (χ4n) is 9.92. The fraction of sp³-hybridized carbons (Fsp3) is 0.647. The van der Waals surface area contributed by atoms with E-state index in [1.807, 2.05) is 36.5 Å². The van der Waals surface area contributed by atoms with E-state index < -0.39 is 97.5 Å². The zero-order valence-electron chi connectivity index (χ0n) is 64.6. The van der Waals surface area contributed by atoms with Gasteiger partial charge in [0, 0.05) is 25.7 Å². The van der Waals surface area contributed by atoms with Crippen molar-refractivity contribution >= 4 is 39.5 Å². The Hall–Kier alpha value is -5.32. The summed E-state index contributed by atoms with van der Waals surface area (Å²) in [4.78, 5) is 72.9. The lowest BCUT2D eigenvalue weighted by Crippen LogP contribution is -2.30. The summed E-state index contributed by atoms with van der Waals surface area (Å²) < 4.78 is 68.4. The number of carbonyl (C=O) groups excluding carboxylic acids is 4. The molecule has 17 nitrogen and oxygen atoms in total. The molecule has 0 fully saturated rings. The third kappa shape index (κ3) is 74.9. The molecule has 0 saturated carbocycles. The van der Waals surface area contributed by atoms with Gasteiger partial charge in [-0.15, -0.1) is 0 Å². The van der Waals surface area contributed by atoms with Crippen molar-refractivity contribution < 1.29 is 80.2 Å². The van der Waals surface area contributed by atoms with E-state index in [0.717, 1.165) is 135 Å². The Kier molecular flexibility index (Phi) is 72.0. The van der Waals surface area contributed by atoms with Crippen molar-refractivity contribution in [2.45, 2.75) is 316 Å². The lowest BCUT2D eigenvalue weighted by molar-refractivity contribution is -0.161. The highest BCUT2D eigenvalue weighted by Crippen LogP contribution is 2.45. The van der Waals surface area contributed by atoms with Gasteiger partial charge in [0.15, 0.2) is 12.2 Å². The highest BCUT2D eigenvalue weighted by molar-refractivity contribution is 7.47. The summed E-state index contributed by atoms with van der Waals surface area (Å²) >= 11 is 0. The fourth-order valence-corrected chi connectivity index (χ4v) is 11.5. The highest BCUT2D eigenvalue weighted by Gasteiger charge is 2.30. The summed E-state index contributed by atoms with van der Waals surface area (Å²) in [5.74, 6) is -2.40. The van der Waals surface area contributed by atoms with Crippen molar-refractivity contribution in [1.29, 1.82) is 0 Å². The van der Waals surface area contributed by atoms with Crippen molar-refractivity contribution in [2.75, 3.05) is 39.6 Å². The van der Waals surface area contributed by atoms with Crippen LogP contribution in [0.5, 0.6) is 0 Å². The number of unbranched alkanes of at least 4 members (excludes halogenated alkanes) is 21. The first-order chi connectivity index (χ1) is 50.7. The van der Waals surface area contributed by atoms with Crippen molar-refractivity contribution in [3.63, 3.8) is 0 Å². The molecule has 0 aromatic rings. The molecule has 0 rings (SSSR count). The Bertz CT molecular complexity index is 2590. The molecule has 0 aliphatic heterocycles. The van der Waals surface area contributed by atoms with Gasteiger partial charge in [-0.05, 0) is 154 Å². The van der Waals surface area contributed by atoms with Crippen LogP contribution < -0.4 is 0 Å². The van der Waals surface area contributed by atoms with Crippen LogP contribution >= 0.6 is 15.6 Å². The highest BCUT2D eigenvalue weighted by atomic mass is 31.2. The van der Waals surface area contributed by atoms with Gasteiger partial charge >= 0.3 is 39.5 Å². The zero-order chi connectivity index (χ0) is 76.0. The van der Waals surface area contributed by atoms with Crippen molar-refractivity contribution in [2.24, 2.45) is 0 Å². The third-order valence-corrected chi connectivity index (χ3v) is 17.9. The van der Waals surface area contributed by atoms with Gasteiger partial charge in [0.25, 0.3) is 0 Å². The number of phosphoric ester groups is 2. The zero-order valence-corrected chi connectivity index (χ0v) is 66.4. The van der Waals surface area contributed by atoms with E-state index in [0.29, 0.717) is 38.5 Å². The SMILES string of the molecule is CC/C=C\C/C=C\C/C=C\C/C=C\C/C=C\C/C=C\CCC(=O)O[C@H](COC(=O)CC/C=C\C/C=C\C/C=C\C/C=C\C/C=C\CCCCC)COP(=O)(O)OC[C@@H](O)COP(=O)(O)OC[C@@H](COC(=O)CCCCCCC/C=C\CCCCCC)OC(=O)CCCCCCC/C=C\CCCCCC. The molecule has 0 amide bonds. The number of esters is 4. The molecule has 0 heterocycles. The van der Waals surface area contributed by atoms with E-state index in [1.165, 1.54) is 70.6 Å². The number of phosphoric acid groups is 2. The van der Waals surface area contributed by atoms with Gasteiger partial charge in [0.2, 0.25) is 0 Å². The van der Waals surface area contributed by atoms with Crippen LogP contribution in [0, 0.1) is 0 Å². The molecule has 0 aromatic heterocycles. The second-order valence-electron chi connectivity index (χ2n) is 25.9. The Balaban J connectivity index is 5.52. The van der Waals surface area contributed by atoms with Crippen LogP contribution in [0.15, 0.2) is 158 Å². The second-order valence-corrected chi connectivity index (χ2v) is 28.8. The number of hydrogen-bond acceptors (Lipinski definition) is 15. The van der Waals surface area contributed by atoms with Crippen molar-refractivity contribution in [1.82, 2.24) is 0 Å². The maximum Gasteiger partial charge on any atom is 0.472 e. The molecule has 0 bridgehead atoms. The van der Waals surface area contributed by atoms with E-state index in [4.69, 9.17) is 37.0 Å². The summed E-state index contributed by atoms with van der Waals surface area (Å²) in [5.41, 5.74) is 0. The number of aliphatic hydroxyl groups is 1. The molecule has 0 spiro atoms. The minimum absolute atomic E-state index is 0.0166. The minimum atomic E-state index is -5.02. The predicted molar refractivity (Wildman–Crippen MR) is 427 cm³/mol. The van der Waals surface area contributed by atoms with Gasteiger partial charge in [0.1, 0.15) is 19.3 Å². The summed E-state index contributed by atoms with van der Waals surface area (Å²) in [6, 6.07) is 0. The first-order valence-electron chi connectivity index (χ1n) is 39.7. The number of aliphatic hydroxyl groups excluding tert-OH is 1. The number of hydrogen-bond donors (Lipinski definition) is 3. The Morgan fingerprint density at radius 1 is 0.279 bits per heavy atom. The Morgan fingerprint density at radius 3 is 0.875 bits per heavy atom. The maximum absolute atomic E-state index is 13.1. The van der Waals surface area contributed by atoms with Gasteiger partial charge in [-0.25, -0.2) is 9.13 Å². The molecule has 2 unspecified atom stereocenters. The molecule has 0 aliphatic rings. The smallest absolute Gasteiger partial charge is 0.462 e. The topological polar surface area (TPSA) is 237 Å². The normalized spacial score (nSPS) is 14.7. The third-order valence-electron chi connectivity index (χ3n) is 16.0. The molecule has 0 radical (unpaired) electrons. The molecule has 104 heavy (non-hydrogen) atoms. The quantitative estimate of drug-likeness (QED) is 0.0169. The maximum atomic E-state index is 13.1. The molecule has 0 saturated heterocycles. The average molecular weight is 1500 g/mol. The van der Waals surface area contributed by atoms with E-state index in [-0.39, 0.29) is 25.7 Å². The van der Waals surface area contributed by atoms with Crippen LogP contribution in [0.3, 0.4) is 0 Å². The standard InChI is InChI=1S/C85H140O17P2/c1-5-9-13-17-21-25-29-33-35-37-39-41-43-47-50-54-58-62-66-70-83(88)96-76-81(102-85(90)72-68-64-60-56-52-48-44-42-40-38-36-34-30-26-22-18-14-10-6-2)78-100-104(93,94)98-74-79(86)73-97-103(91,92)99-77-80(101-84(89)71-67-63-59-55-51-46-32-28-24-20-16-12-8-4)75-95-82(87)69-65-61-57-53-49-45-31-27-23-19-15-11-7-3/h10,14,21-22,25-28,31-36,39-42,47-48,50,52,58,60,62,64,79-81,86H,5-9,11-13,15-20,23-24,29-30,37-38,43-46,49,51,53-57,59,61,63,65-78H2,1-4H3,(H,91,92)(H,93,94)/b14-10-,25-21-,26-22-,31-27-,32-28-,35-33-,36-34-,41-39-,42-40-,50-47-,52-48-,62-58-,64-60-/t79-,80+,81+/m0/s1. The van der Waals surface area contributed by atoms with E-state index in [1.54, 1.807) is 0 Å². The van der Waals surface area contributed by atoms with Crippen molar-refractivity contribution in [3.05, 3.63) is 158 Å². The van der Waals surface area contributed by atoms with Gasteiger partial charge < -0.3 is 33.8 Å². The molecule has 0 aromatic carbocycles. The van der Waals surface area contributed by atoms with Crippen LogP contribution in [0.1, 0.15) is 297 Å². The van der Waals surface area contributed by atoms with Crippen LogP contribution in [0.4, 0.5) is 0 Å². The van der Waals surface area contributed by atoms with Gasteiger partial charge in [-0.3, -0.25) is 37.3 Å². The molecule has 19 heteroatoms. The number of carbonyl (C=O) groups is 4. The number of rotatable bonds is 73. The summed E-state index contributed by atoms with van der Waals surface area (Å²) in [6.45, 7) is 4.50. The summed E-state index contributed by atoms with van der Waals surface area (Å²) in [7, 11) is -10.0. The summed E-state index contributed by atoms with van der Waals surface area (Å²) in [5, 5.41) is 10.6. The molecular formula is C85H140O17P2. The number of allylic oxidation sites excluding steroid dienone is 26. The molecule has 592 valence electrons. The van der Waals surface area contributed by atoms with Gasteiger partial charge in [-0.1, -0.05) is 276 Å². The van der Waals surface area contributed by atoms with E-state index >= 15 is 0 Å². The first-order valence-corrected chi connectivity index (χ1v) is 42.7. The molecule has 3 N–H and O–H groups in total. The van der Waals surface area contributed by atoms with Gasteiger partial charge in [-0.2, -0.15) is 0 Å². The Morgan fingerprint density at radius 2 is 0.519 bits per heavy atom. The van der Waals surface area contributed by atoms with Crippen LogP contribution in [0.25, 0.3) is 0 Å². The number of ether oxygens (including phenoxy) is 4. The van der Waals surface area contributed by atoms with Gasteiger partial charge in [0.05, 0.1) is 26.4 Å².